The second kappa shape index (κ2) is 7.32. The van der Waals surface area contributed by atoms with Gasteiger partial charge in [-0.15, -0.1) is 0 Å². The molecule has 29 heavy (non-hydrogen) atoms. The molecule has 154 valence electrons. The molecule has 6 heteroatoms. The standard InChI is InChI=1S/C23H29FN4O/c1-15(2)23(19-16(3)7-5-9-18(19)24)10-13-28(14-11-23)22-25-20-17(21(29)26-22)8-6-12-27(20)4/h5,7,9H,1,6,8,10-14H2,2-4H3,(H,25,26,29). The van der Waals surface area contributed by atoms with Crippen LogP contribution in [0.1, 0.15) is 42.9 Å². The third-order valence-corrected chi connectivity index (χ3v) is 6.70. The van der Waals surface area contributed by atoms with Gasteiger partial charge >= 0.3 is 0 Å². The molecule has 1 aromatic heterocycles. The molecule has 2 aliphatic rings. The summed E-state index contributed by atoms with van der Waals surface area (Å²) in [6.07, 6.45) is 3.22. The summed E-state index contributed by atoms with van der Waals surface area (Å²) in [4.78, 5) is 24.5. The van der Waals surface area contributed by atoms with Gasteiger partial charge in [-0.2, -0.15) is 4.98 Å². The van der Waals surface area contributed by atoms with Crippen LogP contribution in [0.15, 0.2) is 35.1 Å². The Bertz CT molecular complexity index is 984. The Labute approximate surface area is 171 Å². The lowest BCUT2D eigenvalue weighted by Gasteiger charge is -2.44. The van der Waals surface area contributed by atoms with Gasteiger partial charge in [-0.3, -0.25) is 9.78 Å². The van der Waals surface area contributed by atoms with Gasteiger partial charge in [0.25, 0.3) is 5.56 Å². The smallest absolute Gasteiger partial charge is 0.257 e. The van der Waals surface area contributed by atoms with Crippen molar-refractivity contribution in [2.24, 2.45) is 0 Å². The molecule has 0 aliphatic carbocycles. The maximum absolute atomic E-state index is 14.8. The Morgan fingerprint density at radius 2 is 2.00 bits per heavy atom. The minimum atomic E-state index is -0.392. The average molecular weight is 397 g/mol. The molecule has 0 radical (unpaired) electrons. The van der Waals surface area contributed by atoms with Crippen molar-refractivity contribution in [2.75, 3.05) is 36.5 Å². The lowest BCUT2D eigenvalue weighted by molar-refractivity contribution is 0.367. The molecule has 1 saturated heterocycles. The molecule has 5 nitrogen and oxygen atoms in total. The maximum atomic E-state index is 14.8. The predicted octanol–water partition coefficient (Wildman–Crippen LogP) is 3.71. The van der Waals surface area contributed by atoms with E-state index in [1.165, 1.54) is 6.07 Å². The maximum Gasteiger partial charge on any atom is 0.257 e. The zero-order chi connectivity index (χ0) is 20.8. The van der Waals surface area contributed by atoms with Crippen molar-refractivity contribution < 1.29 is 4.39 Å². The van der Waals surface area contributed by atoms with E-state index in [1.54, 1.807) is 6.07 Å². The first-order valence-corrected chi connectivity index (χ1v) is 10.3. The van der Waals surface area contributed by atoms with Crippen molar-refractivity contribution in [1.82, 2.24) is 9.97 Å². The van der Waals surface area contributed by atoms with Crippen molar-refractivity contribution in [2.45, 2.75) is 44.9 Å². The third kappa shape index (κ3) is 3.24. The largest absolute Gasteiger partial charge is 0.359 e. The highest BCUT2D eigenvalue weighted by Crippen LogP contribution is 2.44. The summed E-state index contributed by atoms with van der Waals surface area (Å²) in [6, 6.07) is 5.26. The predicted molar refractivity (Wildman–Crippen MR) is 116 cm³/mol. The van der Waals surface area contributed by atoms with Gasteiger partial charge in [0.2, 0.25) is 5.95 Å². The van der Waals surface area contributed by atoms with Gasteiger partial charge in [-0.25, -0.2) is 4.39 Å². The van der Waals surface area contributed by atoms with Crippen LogP contribution >= 0.6 is 0 Å². The first-order chi connectivity index (χ1) is 13.8. The number of aromatic amines is 1. The van der Waals surface area contributed by atoms with Gasteiger partial charge in [0, 0.05) is 37.7 Å². The highest BCUT2D eigenvalue weighted by Gasteiger charge is 2.40. The molecule has 1 fully saturated rings. The number of hydrogen-bond donors (Lipinski definition) is 1. The minimum absolute atomic E-state index is 0.0433. The molecule has 0 saturated carbocycles. The van der Waals surface area contributed by atoms with Gasteiger partial charge in [0.1, 0.15) is 11.6 Å². The lowest BCUT2D eigenvalue weighted by Crippen LogP contribution is -2.45. The molecule has 1 N–H and O–H groups in total. The lowest BCUT2D eigenvalue weighted by atomic mass is 9.67. The van der Waals surface area contributed by atoms with Crippen LogP contribution in [0.25, 0.3) is 0 Å². The first-order valence-electron chi connectivity index (χ1n) is 10.3. The number of aryl methyl sites for hydroxylation is 1. The van der Waals surface area contributed by atoms with Crippen LogP contribution < -0.4 is 15.4 Å². The number of nitrogens with zero attached hydrogens (tertiary/aromatic N) is 3. The Kier molecular flexibility index (Phi) is 4.97. The van der Waals surface area contributed by atoms with E-state index in [9.17, 15) is 9.18 Å². The Balaban J connectivity index is 1.65. The van der Waals surface area contributed by atoms with Crippen LogP contribution in [-0.4, -0.2) is 36.6 Å². The average Bonchev–Trinajstić information content (AvgIpc) is 2.69. The second-order valence-corrected chi connectivity index (χ2v) is 8.50. The number of halogens is 1. The third-order valence-electron chi connectivity index (χ3n) is 6.70. The van der Waals surface area contributed by atoms with Crippen LogP contribution in [-0.2, 0) is 11.8 Å². The second-order valence-electron chi connectivity index (χ2n) is 8.50. The molecule has 4 rings (SSSR count). The van der Waals surface area contributed by atoms with Crippen molar-refractivity contribution >= 4 is 11.8 Å². The SMILES string of the molecule is C=C(C)C1(c2c(C)cccc2F)CCN(c2nc3c(c(=O)[nH]2)CCCN3C)CC1. The number of fused-ring (bicyclic) bond motifs is 1. The molecule has 2 aliphatic heterocycles. The summed E-state index contributed by atoms with van der Waals surface area (Å²) in [5, 5.41) is 0. The fourth-order valence-corrected chi connectivity index (χ4v) is 4.99. The zero-order valence-electron chi connectivity index (χ0n) is 17.5. The number of nitrogens with one attached hydrogen (secondary N) is 1. The van der Waals surface area contributed by atoms with Crippen LogP contribution in [0.5, 0.6) is 0 Å². The van der Waals surface area contributed by atoms with Crippen LogP contribution in [0.3, 0.4) is 0 Å². The van der Waals surface area contributed by atoms with Crippen molar-refractivity contribution in [1.29, 1.82) is 0 Å². The zero-order valence-corrected chi connectivity index (χ0v) is 17.5. The van der Waals surface area contributed by atoms with E-state index in [1.807, 2.05) is 27.0 Å². The van der Waals surface area contributed by atoms with Gasteiger partial charge in [-0.1, -0.05) is 24.3 Å². The summed E-state index contributed by atoms with van der Waals surface area (Å²) in [6.45, 7) is 10.5. The molecular weight excluding hydrogens is 367 g/mol. The van der Waals surface area contributed by atoms with Crippen LogP contribution in [0, 0.1) is 12.7 Å². The summed E-state index contributed by atoms with van der Waals surface area (Å²) in [5.74, 6) is 1.24. The highest BCUT2D eigenvalue weighted by molar-refractivity contribution is 5.52. The number of hydrogen-bond acceptors (Lipinski definition) is 4. The number of piperidine rings is 1. The fourth-order valence-electron chi connectivity index (χ4n) is 4.99. The molecule has 1 aromatic carbocycles. The molecule has 0 atom stereocenters. The number of benzene rings is 1. The molecule has 3 heterocycles. The van der Waals surface area contributed by atoms with E-state index in [0.717, 1.165) is 60.3 Å². The number of aromatic nitrogens is 2. The monoisotopic (exact) mass is 396 g/mol. The summed E-state index contributed by atoms with van der Waals surface area (Å²) in [5.41, 5.74) is 3.05. The van der Waals surface area contributed by atoms with Crippen LogP contribution in [0.4, 0.5) is 16.2 Å². The summed E-state index contributed by atoms with van der Waals surface area (Å²) < 4.78 is 14.8. The van der Waals surface area contributed by atoms with Gasteiger partial charge in [0.15, 0.2) is 0 Å². The van der Waals surface area contributed by atoms with E-state index >= 15 is 0 Å². The normalized spacial score (nSPS) is 18.5. The van der Waals surface area contributed by atoms with E-state index in [4.69, 9.17) is 4.98 Å². The molecular formula is C23H29FN4O. The van der Waals surface area contributed by atoms with Gasteiger partial charge in [-0.05, 0) is 51.2 Å². The Hall–Kier alpha value is -2.63. The molecule has 0 amide bonds. The molecule has 2 aromatic rings. The highest BCUT2D eigenvalue weighted by atomic mass is 19.1. The van der Waals surface area contributed by atoms with Crippen molar-refractivity contribution in [3.8, 4) is 0 Å². The molecule has 0 unspecified atom stereocenters. The molecule has 0 spiro atoms. The van der Waals surface area contributed by atoms with Crippen molar-refractivity contribution in [3.05, 3.63) is 63.2 Å². The van der Waals surface area contributed by atoms with Gasteiger partial charge in [0.05, 0.1) is 5.56 Å². The fraction of sp³-hybridized carbons (Fsp3) is 0.478. The summed E-state index contributed by atoms with van der Waals surface area (Å²) in [7, 11) is 1.98. The molecule has 0 bridgehead atoms. The van der Waals surface area contributed by atoms with E-state index in [-0.39, 0.29) is 11.4 Å². The quantitative estimate of drug-likeness (QED) is 0.804. The first kappa shape index (κ1) is 19.7. The number of allylic oxidation sites excluding steroid dienone is 1. The summed E-state index contributed by atoms with van der Waals surface area (Å²) >= 11 is 0. The van der Waals surface area contributed by atoms with E-state index in [0.29, 0.717) is 19.0 Å². The van der Waals surface area contributed by atoms with Gasteiger partial charge < -0.3 is 9.80 Å². The minimum Gasteiger partial charge on any atom is -0.359 e. The topological polar surface area (TPSA) is 52.2 Å². The Morgan fingerprint density at radius 3 is 2.66 bits per heavy atom. The number of H-pyrrole nitrogens is 1. The van der Waals surface area contributed by atoms with Crippen LogP contribution in [0.2, 0.25) is 0 Å². The number of rotatable bonds is 3. The van der Waals surface area contributed by atoms with Crippen molar-refractivity contribution in [3.63, 3.8) is 0 Å². The van der Waals surface area contributed by atoms with E-state index in [2.05, 4.69) is 21.4 Å². The number of anilines is 2. The Morgan fingerprint density at radius 1 is 1.28 bits per heavy atom. The van der Waals surface area contributed by atoms with E-state index < -0.39 is 5.41 Å².